The Kier molecular flexibility index (Phi) is 5.46. The number of aromatic carboxylic acids is 1. The van der Waals surface area contributed by atoms with E-state index in [9.17, 15) is 9.59 Å². The Morgan fingerprint density at radius 3 is 2.63 bits per heavy atom. The molecule has 7 heteroatoms. The first-order chi connectivity index (χ1) is 13.1. The van der Waals surface area contributed by atoms with Crippen LogP contribution in [0.1, 0.15) is 27.3 Å². The third kappa shape index (κ3) is 4.71. The maximum absolute atomic E-state index is 12.3. The number of nitrogens with zero attached hydrogens (tertiary/aromatic N) is 3. The van der Waals surface area contributed by atoms with Gasteiger partial charge in [0.25, 0.3) is 5.56 Å². The zero-order valence-electron chi connectivity index (χ0n) is 14.1. The molecule has 0 spiro atoms. The zero-order valence-corrected chi connectivity index (χ0v) is 14.1. The number of H-pyrrole nitrogens is 1. The molecule has 7 nitrogen and oxygen atoms in total. The van der Waals surface area contributed by atoms with Crippen LogP contribution in [0.4, 0.5) is 0 Å². The third-order valence-electron chi connectivity index (χ3n) is 3.56. The summed E-state index contributed by atoms with van der Waals surface area (Å²) in [6, 6.07) is 10.6. The first-order valence-corrected chi connectivity index (χ1v) is 8.00. The van der Waals surface area contributed by atoms with Gasteiger partial charge in [-0.2, -0.15) is 9.78 Å². The molecule has 0 saturated heterocycles. The average Bonchev–Trinajstić information content (AvgIpc) is 3.18. The van der Waals surface area contributed by atoms with Crippen molar-refractivity contribution in [1.29, 1.82) is 0 Å². The van der Waals surface area contributed by atoms with E-state index in [1.54, 1.807) is 30.6 Å². The van der Waals surface area contributed by atoms with Gasteiger partial charge < -0.3 is 10.1 Å². The first kappa shape index (κ1) is 17.7. The van der Waals surface area contributed by atoms with E-state index in [4.69, 9.17) is 5.11 Å². The summed E-state index contributed by atoms with van der Waals surface area (Å²) >= 11 is 0. The van der Waals surface area contributed by atoms with Crippen LogP contribution in [0.5, 0.6) is 0 Å². The molecule has 0 fully saturated rings. The van der Waals surface area contributed by atoms with Crippen molar-refractivity contribution in [2.45, 2.75) is 12.8 Å². The van der Waals surface area contributed by atoms with Gasteiger partial charge in [0.1, 0.15) is 5.82 Å². The Morgan fingerprint density at radius 2 is 1.93 bits per heavy atom. The predicted octanol–water partition coefficient (Wildman–Crippen LogP) is 1.31. The summed E-state index contributed by atoms with van der Waals surface area (Å²) in [5, 5.41) is 12.8. The van der Waals surface area contributed by atoms with Crippen molar-refractivity contribution in [3.63, 3.8) is 0 Å². The number of carboxylic acid groups (broad SMARTS) is 1. The summed E-state index contributed by atoms with van der Waals surface area (Å²) in [7, 11) is 0. The van der Waals surface area contributed by atoms with Gasteiger partial charge in [0, 0.05) is 24.9 Å². The van der Waals surface area contributed by atoms with Crippen molar-refractivity contribution in [1.82, 2.24) is 19.7 Å². The summed E-state index contributed by atoms with van der Waals surface area (Å²) in [5.41, 5.74) is 0.968. The van der Waals surface area contributed by atoms with Crippen molar-refractivity contribution < 1.29 is 9.90 Å². The molecule has 132 valence electrons. The van der Waals surface area contributed by atoms with Crippen LogP contribution in [0.2, 0.25) is 0 Å². The fraction of sp³-hybridized carbons (Fsp3) is 0.100. The van der Waals surface area contributed by atoms with E-state index in [2.05, 4.69) is 38.9 Å². The van der Waals surface area contributed by atoms with Crippen LogP contribution < -0.4 is 5.56 Å². The van der Waals surface area contributed by atoms with E-state index in [1.165, 1.54) is 18.3 Å². The number of rotatable bonds is 3. The Morgan fingerprint density at radius 1 is 1.11 bits per heavy atom. The Balaban J connectivity index is 1.71. The molecule has 0 radical (unpaired) electrons. The van der Waals surface area contributed by atoms with Crippen LogP contribution in [0.3, 0.4) is 0 Å². The lowest BCUT2D eigenvalue weighted by Crippen LogP contribution is -2.21. The van der Waals surface area contributed by atoms with Gasteiger partial charge in [0.05, 0.1) is 23.7 Å². The monoisotopic (exact) mass is 358 g/mol. The smallest absolute Gasteiger partial charge is 0.335 e. The quantitative estimate of drug-likeness (QED) is 0.688. The molecule has 3 aromatic rings. The number of carboxylic acids is 1. The lowest BCUT2D eigenvalue weighted by molar-refractivity contribution is 0.0697. The molecule has 0 atom stereocenters. The maximum Gasteiger partial charge on any atom is 0.335 e. The van der Waals surface area contributed by atoms with Crippen LogP contribution in [0, 0.1) is 23.8 Å². The van der Waals surface area contributed by atoms with Crippen molar-refractivity contribution in [2.24, 2.45) is 0 Å². The molecule has 2 aromatic heterocycles. The van der Waals surface area contributed by atoms with Crippen LogP contribution in [0.25, 0.3) is 0 Å². The van der Waals surface area contributed by atoms with Gasteiger partial charge in [-0.3, -0.25) is 4.79 Å². The summed E-state index contributed by atoms with van der Waals surface area (Å²) in [6.07, 6.45) is 5.59. The highest BCUT2D eigenvalue weighted by Gasteiger charge is 2.01. The fourth-order valence-electron chi connectivity index (χ4n) is 2.19. The van der Waals surface area contributed by atoms with Crippen molar-refractivity contribution in [3.05, 3.63) is 81.8 Å². The lowest BCUT2D eigenvalue weighted by atomic mass is 10.1. The van der Waals surface area contributed by atoms with E-state index >= 15 is 0 Å². The molecule has 0 bridgehead atoms. The molecule has 2 N–H and O–H groups in total. The molecule has 3 rings (SSSR count). The topological polar surface area (TPSA) is 101 Å². The molecular weight excluding hydrogens is 344 g/mol. The van der Waals surface area contributed by atoms with E-state index in [0.717, 1.165) is 16.1 Å². The molecule has 27 heavy (non-hydrogen) atoms. The molecule has 0 aliphatic carbocycles. The number of nitrogens with one attached hydrogen (secondary N) is 1. The van der Waals surface area contributed by atoms with E-state index in [1.807, 2.05) is 0 Å². The minimum atomic E-state index is -0.978. The predicted molar refractivity (Wildman–Crippen MR) is 97.9 cm³/mol. The lowest BCUT2D eigenvalue weighted by Gasteiger charge is -1.97. The minimum absolute atomic E-state index is 0.213. The summed E-state index contributed by atoms with van der Waals surface area (Å²) in [4.78, 5) is 30.2. The van der Waals surface area contributed by atoms with Crippen LogP contribution >= 0.6 is 0 Å². The molecular formula is C20H14N4O3. The van der Waals surface area contributed by atoms with Crippen molar-refractivity contribution >= 4 is 5.97 Å². The molecule has 1 aromatic carbocycles. The molecule has 0 unspecified atom stereocenters. The van der Waals surface area contributed by atoms with Gasteiger partial charge in [-0.05, 0) is 23.8 Å². The van der Waals surface area contributed by atoms with Crippen molar-refractivity contribution in [2.75, 3.05) is 0 Å². The van der Waals surface area contributed by atoms with Crippen molar-refractivity contribution in [3.8, 4) is 23.8 Å². The summed E-state index contributed by atoms with van der Waals surface area (Å²) < 4.78 is 1.04. The van der Waals surface area contributed by atoms with E-state index in [0.29, 0.717) is 18.4 Å². The number of hydrogen-bond acceptors (Lipinski definition) is 4. The molecule has 0 saturated carbocycles. The molecule has 0 aliphatic rings. The van der Waals surface area contributed by atoms with Gasteiger partial charge >= 0.3 is 5.97 Å². The number of aromatic amines is 1. The van der Waals surface area contributed by atoms with E-state index in [-0.39, 0.29) is 5.56 Å². The minimum Gasteiger partial charge on any atom is -0.478 e. The van der Waals surface area contributed by atoms with E-state index < -0.39 is 11.5 Å². The third-order valence-corrected chi connectivity index (χ3v) is 3.56. The average molecular weight is 358 g/mol. The number of imidazole rings is 1. The second-order valence-corrected chi connectivity index (χ2v) is 5.44. The maximum atomic E-state index is 12.3. The highest BCUT2D eigenvalue weighted by molar-refractivity contribution is 5.87. The number of benzene rings is 1. The first-order valence-electron chi connectivity index (χ1n) is 8.00. The summed E-state index contributed by atoms with van der Waals surface area (Å²) in [6.45, 7) is 0. The summed E-state index contributed by atoms with van der Waals surface area (Å²) in [5.74, 6) is 8.30. The fourth-order valence-corrected chi connectivity index (χ4v) is 2.19. The largest absolute Gasteiger partial charge is 0.478 e. The SMILES string of the molecule is O=C(O)c1ccc(CC#Cn2nccc(C#CCc3ncc[nH]3)c2=O)cc1. The Hall–Kier alpha value is -4.10. The van der Waals surface area contributed by atoms with Gasteiger partial charge in [-0.1, -0.05) is 29.9 Å². The second kappa shape index (κ2) is 8.32. The number of hydrogen-bond donors (Lipinski definition) is 2. The van der Waals surface area contributed by atoms with Gasteiger partial charge in [-0.25, -0.2) is 9.78 Å². The second-order valence-electron chi connectivity index (χ2n) is 5.44. The standard InChI is InChI=1S/C20H14N4O3/c25-19-16(4-1-5-18-21-12-13-22-18)10-11-23-24(19)14-2-3-15-6-8-17(9-7-15)20(26)27/h6-13H,3,5H2,(H,21,22)(H,26,27). The van der Waals surface area contributed by atoms with Gasteiger partial charge in [-0.15, -0.1) is 0 Å². The Labute approximate surface area is 154 Å². The van der Waals surface area contributed by atoms with Gasteiger partial charge in [0.2, 0.25) is 0 Å². The van der Waals surface area contributed by atoms with Crippen LogP contribution in [0.15, 0.2) is 53.7 Å². The molecule has 0 aliphatic heterocycles. The highest BCUT2D eigenvalue weighted by atomic mass is 16.4. The van der Waals surface area contributed by atoms with Gasteiger partial charge in [0.15, 0.2) is 0 Å². The normalized spacial score (nSPS) is 9.63. The molecule has 2 heterocycles. The highest BCUT2D eigenvalue weighted by Crippen LogP contribution is 2.04. The number of aromatic nitrogens is 4. The van der Waals surface area contributed by atoms with Crippen LogP contribution in [-0.2, 0) is 12.8 Å². The molecule has 0 amide bonds. The Bertz CT molecular complexity index is 1120. The zero-order chi connectivity index (χ0) is 19.1. The number of carbonyl (C=O) groups is 1. The van der Waals surface area contributed by atoms with Crippen LogP contribution in [-0.4, -0.2) is 30.8 Å².